The molecule has 1 fully saturated rings. The Labute approximate surface area is 145 Å². The summed E-state index contributed by atoms with van der Waals surface area (Å²) < 4.78 is 2.25. The van der Waals surface area contributed by atoms with Crippen LogP contribution in [-0.4, -0.2) is 46.7 Å². The number of likely N-dealkylation sites (tertiary alicyclic amines) is 1. The highest BCUT2D eigenvalue weighted by Gasteiger charge is 2.18. The summed E-state index contributed by atoms with van der Waals surface area (Å²) in [6, 6.07) is 11.5. The number of piperidine rings is 1. The second-order valence-electron chi connectivity index (χ2n) is 6.91. The maximum atomic E-state index is 4.37. The van der Waals surface area contributed by atoms with E-state index in [2.05, 4.69) is 63.9 Å². The number of rotatable bonds is 7. The predicted octanol–water partition coefficient (Wildman–Crippen LogP) is 2.80. The van der Waals surface area contributed by atoms with Crippen LogP contribution in [0.2, 0.25) is 0 Å². The Bertz CT molecular complexity index is 612. The molecule has 1 aromatic carbocycles. The van der Waals surface area contributed by atoms with E-state index >= 15 is 0 Å². The van der Waals surface area contributed by atoms with Gasteiger partial charge in [0, 0.05) is 31.4 Å². The van der Waals surface area contributed by atoms with Gasteiger partial charge in [-0.25, -0.2) is 4.98 Å². The van der Waals surface area contributed by atoms with E-state index in [1.165, 1.54) is 43.7 Å². The number of aryl methyl sites for hydroxylation is 1. The lowest BCUT2D eigenvalue weighted by Gasteiger charge is -2.32. The molecule has 4 heteroatoms. The van der Waals surface area contributed by atoms with Crippen molar-refractivity contribution in [3.8, 4) is 0 Å². The average Bonchev–Trinajstić information content (AvgIpc) is 2.94. The molecule has 2 aromatic rings. The van der Waals surface area contributed by atoms with Crippen LogP contribution < -0.4 is 5.32 Å². The molecule has 1 saturated heterocycles. The molecule has 24 heavy (non-hydrogen) atoms. The Morgan fingerprint density at radius 1 is 1.08 bits per heavy atom. The maximum absolute atomic E-state index is 4.37. The average molecular weight is 326 g/mol. The van der Waals surface area contributed by atoms with Gasteiger partial charge in [0.15, 0.2) is 0 Å². The number of hydrogen-bond donors (Lipinski definition) is 1. The van der Waals surface area contributed by atoms with Gasteiger partial charge in [0.1, 0.15) is 0 Å². The van der Waals surface area contributed by atoms with Crippen molar-refractivity contribution in [1.29, 1.82) is 0 Å². The first-order valence-corrected chi connectivity index (χ1v) is 9.20. The van der Waals surface area contributed by atoms with Crippen molar-refractivity contribution in [1.82, 2.24) is 19.8 Å². The van der Waals surface area contributed by atoms with E-state index in [1.807, 2.05) is 6.33 Å². The lowest BCUT2D eigenvalue weighted by molar-refractivity contribution is 0.199. The highest BCUT2D eigenvalue weighted by Crippen LogP contribution is 2.12. The molecule has 0 bridgehead atoms. The third kappa shape index (κ3) is 4.68. The summed E-state index contributed by atoms with van der Waals surface area (Å²) in [6.07, 6.45) is 5.64. The zero-order chi connectivity index (χ0) is 16.8. The predicted molar refractivity (Wildman–Crippen MR) is 99.3 cm³/mol. The van der Waals surface area contributed by atoms with Gasteiger partial charge < -0.3 is 14.8 Å². The molecule has 0 spiro atoms. The number of nitrogens with one attached hydrogen (secondary N) is 1. The summed E-state index contributed by atoms with van der Waals surface area (Å²) in [6.45, 7) is 9.88. The maximum Gasteiger partial charge on any atom is 0.0951 e. The standard InChI is InChI=1S/C20H30N4/c1-17-18(2)24(16-22-17)15-11-21-20-9-13-23(14-10-20)12-8-19-6-4-3-5-7-19/h3-7,16,20-21H,8-15H2,1-2H3. The van der Waals surface area contributed by atoms with Crippen LogP contribution in [0.3, 0.4) is 0 Å². The van der Waals surface area contributed by atoms with Crippen molar-refractivity contribution < 1.29 is 0 Å². The molecule has 0 amide bonds. The Kier molecular flexibility index (Phi) is 6.05. The van der Waals surface area contributed by atoms with Crippen LogP contribution in [-0.2, 0) is 13.0 Å². The highest BCUT2D eigenvalue weighted by molar-refractivity contribution is 5.14. The minimum absolute atomic E-state index is 0.669. The molecule has 0 saturated carbocycles. The van der Waals surface area contributed by atoms with Gasteiger partial charge in [0.05, 0.1) is 12.0 Å². The summed E-state index contributed by atoms with van der Waals surface area (Å²) in [5.74, 6) is 0. The SMILES string of the molecule is Cc1ncn(CCNC2CCN(CCc3ccccc3)CC2)c1C. The summed E-state index contributed by atoms with van der Waals surface area (Å²) in [5.41, 5.74) is 3.87. The smallest absolute Gasteiger partial charge is 0.0951 e. The zero-order valence-electron chi connectivity index (χ0n) is 15.0. The largest absolute Gasteiger partial charge is 0.333 e. The fourth-order valence-electron chi connectivity index (χ4n) is 3.45. The second-order valence-corrected chi connectivity index (χ2v) is 6.91. The highest BCUT2D eigenvalue weighted by atomic mass is 15.1. The van der Waals surface area contributed by atoms with Gasteiger partial charge in [0.25, 0.3) is 0 Å². The van der Waals surface area contributed by atoms with E-state index in [-0.39, 0.29) is 0 Å². The number of benzene rings is 1. The van der Waals surface area contributed by atoms with Crippen LogP contribution in [0.1, 0.15) is 29.8 Å². The van der Waals surface area contributed by atoms with E-state index in [4.69, 9.17) is 0 Å². The van der Waals surface area contributed by atoms with Gasteiger partial charge in [-0.1, -0.05) is 30.3 Å². The number of hydrogen-bond acceptors (Lipinski definition) is 3. The molecule has 1 aliphatic rings. The minimum Gasteiger partial charge on any atom is -0.333 e. The van der Waals surface area contributed by atoms with E-state index < -0.39 is 0 Å². The molecule has 1 aromatic heterocycles. The first-order chi connectivity index (χ1) is 11.7. The second kappa shape index (κ2) is 8.45. The molecule has 2 heterocycles. The molecular formula is C20H30N4. The normalized spacial score (nSPS) is 16.6. The van der Waals surface area contributed by atoms with Crippen molar-refractivity contribution in [2.24, 2.45) is 0 Å². The summed E-state index contributed by atoms with van der Waals surface area (Å²) in [5, 5.41) is 3.73. The summed E-state index contributed by atoms with van der Waals surface area (Å²) in [4.78, 5) is 6.97. The van der Waals surface area contributed by atoms with Crippen molar-refractivity contribution in [2.75, 3.05) is 26.2 Å². The van der Waals surface area contributed by atoms with Gasteiger partial charge in [-0.2, -0.15) is 0 Å². The lowest BCUT2D eigenvalue weighted by Crippen LogP contribution is -2.43. The summed E-state index contributed by atoms with van der Waals surface area (Å²) >= 11 is 0. The van der Waals surface area contributed by atoms with Gasteiger partial charge in [-0.15, -0.1) is 0 Å². The fourth-order valence-corrected chi connectivity index (χ4v) is 3.45. The third-order valence-corrected chi connectivity index (χ3v) is 5.28. The van der Waals surface area contributed by atoms with Crippen LogP contribution in [0.25, 0.3) is 0 Å². The Morgan fingerprint density at radius 3 is 2.50 bits per heavy atom. The van der Waals surface area contributed by atoms with E-state index in [0.29, 0.717) is 6.04 Å². The molecule has 3 rings (SSSR count). The molecular weight excluding hydrogens is 296 g/mol. The number of nitrogens with zero attached hydrogens (tertiary/aromatic N) is 3. The lowest BCUT2D eigenvalue weighted by atomic mass is 10.0. The fraction of sp³-hybridized carbons (Fsp3) is 0.550. The number of aromatic nitrogens is 2. The first-order valence-electron chi connectivity index (χ1n) is 9.20. The van der Waals surface area contributed by atoms with Crippen LogP contribution in [0.5, 0.6) is 0 Å². The van der Waals surface area contributed by atoms with Crippen molar-refractivity contribution >= 4 is 0 Å². The van der Waals surface area contributed by atoms with Gasteiger partial charge >= 0.3 is 0 Å². The van der Waals surface area contributed by atoms with Crippen molar-refractivity contribution in [3.63, 3.8) is 0 Å². The molecule has 0 radical (unpaired) electrons. The number of imidazole rings is 1. The molecule has 1 aliphatic heterocycles. The molecule has 0 atom stereocenters. The molecule has 130 valence electrons. The Hall–Kier alpha value is -1.65. The van der Waals surface area contributed by atoms with Crippen molar-refractivity contribution in [3.05, 3.63) is 53.6 Å². The molecule has 0 aliphatic carbocycles. The molecule has 1 N–H and O–H groups in total. The Balaban J connectivity index is 1.33. The van der Waals surface area contributed by atoms with Crippen LogP contribution in [0, 0.1) is 13.8 Å². The van der Waals surface area contributed by atoms with Gasteiger partial charge in [0.2, 0.25) is 0 Å². The van der Waals surface area contributed by atoms with E-state index in [1.54, 1.807) is 0 Å². The van der Waals surface area contributed by atoms with E-state index in [9.17, 15) is 0 Å². The van der Waals surface area contributed by atoms with Crippen molar-refractivity contribution in [2.45, 2.75) is 45.7 Å². The quantitative estimate of drug-likeness (QED) is 0.849. The van der Waals surface area contributed by atoms with Crippen LogP contribution in [0.4, 0.5) is 0 Å². The van der Waals surface area contributed by atoms with E-state index in [0.717, 1.165) is 25.2 Å². The van der Waals surface area contributed by atoms with Crippen LogP contribution >= 0.6 is 0 Å². The topological polar surface area (TPSA) is 33.1 Å². The monoisotopic (exact) mass is 326 g/mol. The zero-order valence-corrected chi connectivity index (χ0v) is 15.0. The van der Waals surface area contributed by atoms with Crippen LogP contribution in [0.15, 0.2) is 36.7 Å². The minimum atomic E-state index is 0.669. The Morgan fingerprint density at radius 2 is 1.83 bits per heavy atom. The summed E-state index contributed by atoms with van der Waals surface area (Å²) in [7, 11) is 0. The first kappa shape index (κ1) is 17.2. The third-order valence-electron chi connectivity index (χ3n) is 5.28. The van der Waals surface area contributed by atoms with Gasteiger partial charge in [-0.05, 0) is 51.8 Å². The molecule has 0 unspecified atom stereocenters. The molecule has 4 nitrogen and oxygen atoms in total. The van der Waals surface area contributed by atoms with Gasteiger partial charge in [-0.3, -0.25) is 0 Å².